The Balaban J connectivity index is 2.91. The topological polar surface area (TPSA) is 88.1 Å². The summed E-state index contributed by atoms with van der Waals surface area (Å²) in [4.78, 5) is 33.4. The Morgan fingerprint density at radius 2 is 1.72 bits per heavy atom. The number of ether oxygens (including phenoxy) is 4. The normalized spacial score (nSPS) is 25.8. The van der Waals surface area contributed by atoms with Crippen molar-refractivity contribution in [2.45, 2.75) is 32.2 Å². The van der Waals surface area contributed by atoms with E-state index in [-0.39, 0.29) is 0 Å². The molecule has 1 aliphatic rings. The smallest absolute Gasteiger partial charge is 0.351 e. The number of carbonyl (C=O) groups is 3. The predicted molar refractivity (Wildman–Crippen MR) is 57.1 cm³/mol. The molecule has 0 aliphatic carbocycles. The highest BCUT2D eigenvalue weighted by Gasteiger charge is 2.42. The summed E-state index contributed by atoms with van der Waals surface area (Å²) in [6.07, 6.45) is -0.523. The van der Waals surface area contributed by atoms with Crippen LogP contribution >= 0.6 is 0 Å². The average molecular weight is 258 g/mol. The lowest BCUT2D eigenvalue weighted by molar-refractivity contribution is -0.183. The van der Waals surface area contributed by atoms with E-state index in [2.05, 4.69) is 4.74 Å². The van der Waals surface area contributed by atoms with E-state index in [9.17, 15) is 14.4 Å². The van der Waals surface area contributed by atoms with Gasteiger partial charge in [-0.2, -0.15) is 0 Å². The quantitative estimate of drug-likeness (QED) is 0.517. The third-order valence-electron chi connectivity index (χ3n) is 2.15. The molecule has 0 saturated heterocycles. The molecule has 7 nitrogen and oxygen atoms in total. The largest absolute Gasteiger partial charge is 0.482 e. The van der Waals surface area contributed by atoms with E-state index >= 15 is 0 Å². The molecule has 0 radical (unpaired) electrons. The second-order valence-corrected chi connectivity index (χ2v) is 3.56. The van der Waals surface area contributed by atoms with Crippen LogP contribution in [-0.2, 0) is 33.3 Å². The van der Waals surface area contributed by atoms with Crippen molar-refractivity contribution >= 4 is 17.9 Å². The highest BCUT2D eigenvalue weighted by atomic mass is 16.6. The molecular formula is C11H14O7. The van der Waals surface area contributed by atoms with E-state index in [1.165, 1.54) is 33.3 Å². The zero-order valence-corrected chi connectivity index (χ0v) is 10.2. The van der Waals surface area contributed by atoms with Gasteiger partial charge in [-0.3, -0.25) is 9.59 Å². The fraction of sp³-hybridized carbons (Fsp3) is 0.545. The zero-order valence-electron chi connectivity index (χ0n) is 10.2. The standard InChI is InChI=1S/C11H14O7/c1-6(12)17-8-4-5-16-10(11(14)15-3)9(8)18-7(2)13/h4-5,8-10H,1-3H3/t8-,9-,10+/m0/s1. The van der Waals surface area contributed by atoms with Crippen molar-refractivity contribution in [1.29, 1.82) is 0 Å². The van der Waals surface area contributed by atoms with Crippen LogP contribution in [0.3, 0.4) is 0 Å². The van der Waals surface area contributed by atoms with Crippen LogP contribution in [0.25, 0.3) is 0 Å². The summed E-state index contributed by atoms with van der Waals surface area (Å²) >= 11 is 0. The minimum absolute atomic E-state index is 0.563. The maximum atomic E-state index is 11.5. The molecule has 1 aliphatic heterocycles. The second kappa shape index (κ2) is 6.04. The third kappa shape index (κ3) is 3.47. The van der Waals surface area contributed by atoms with E-state index < -0.39 is 36.2 Å². The minimum atomic E-state index is -1.16. The van der Waals surface area contributed by atoms with Crippen molar-refractivity contribution < 1.29 is 33.3 Å². The van der Waals surface area contributed by atoms with Crippen LogP contribution in [0.5, 0.6) is 0 Å². The van der Waals surface area contributed by atoms with Gasteiger partial charge in [-0.05, 0) is 6.08 Å². The first-order valence-corrected chi connectivity index (χ1v) is 5.20. The van der Waals surface area contributed by atoms with Gasteiger partial charge in [-0.25, -0.2) is 4.79 Å². The van der Waals surface area contributed by atoms with Gasteiger partial charge in [-0.1, -0.05) is 0 Å². The lowest BCUT2D eigenvalue weighted by Gasteiger charge is -2.31. The Morgan fingerprint density at radius 1 is 1.11 bits per heavy atom. The van der Waals surface area contributed by atoms with Crippen LogP contribution in [0.2, 0.25) is 0 Å². The molecule has 1 heterocycles. The fourth-order valence-corrected chi connectivity index (χ4v) is 1.49. The van der Waals surface area contributed by atoms with E-state index in [0.29, 0.717) is 0 Å². The molecule has 0 unspecified atom stereocenters. The summed E-state index contributed by atoms with van der Waals surface area (Å²) < 4.78 is 19.4. The van der Waals surface area contributed by atoms with Gasteiger partial charge in [0.25, 0.3) is 0 Å². The van der Waals surface area contributed by atoms with E-state index in [0.717, 1.165) is 0 Å². The molecule has 0 aromatic heterocycles. The van der Waals surface area contributed by atoms with Crippen molar-refractivity contribution in [3.8, 4) is 0 Å². The molecule has 100 valence electrons. The Labute approximate surface area is 104 Å². The van der Waals surface area contributed by atoms with E-state index in [1.807, 2.05) is 0 Å². The summed E-state index contributed by atoms with van der Waals surface area (Å²) in [5.74, 6) is -1.90. The highest BCUT2D eigenvalue weighted by molar-refractivity contribution is 5.77. The van der Waals surface area contributed by atoms with E-state index in [4.69, 9.17) is 14.2 Å². The number of carbonyl (C=O) groups excluding carboxylic acids is 3. The van der Waals surface area contributed by atoms with Gasteiger partial charge in [0.1, 0.15) is 0 Å². The van der Waals surface area contributed by atoms with Gasteiger partial charge in [0.15, 0.2) is 12.2 Å². The SMILES string of the molecule is COC(=O)[C@@H]1OC=C[C@H](OC(C)=O)[C@@H]1OC(C)=O. The van der Waals surface area contributed by atoms with Gasteiger partial charge in [-0.15, -0.1) is 0 Å². The van der Waals surface area contributed by atoms with Crippen LogP contribution in [0.4, 0.5) is 0 Å². The molecule has 0 bridgehead atoms. The average Bonchev–Trinajstić information content (AvgIpc) is 2.29. The van der Waals surface area contributed by atoms with Crippen LogP contribution < -0.4 is 0 Å². The molecule has 0 fully saturated rings. The van der Waals surface area contributed by atoms with Crippen molar-refractivity contribution in [2.75, 3.05) is 7.11 Å². The number of hydrogen-bond acceptors (Lipinski definition) is 7. The minimum Gasteiger partial charge on any atom is -0.482 e. The molecule has 0 amide bonds. The highest BCUT2D eigenvalue weighted by Crippen LogP contribution is 2.20. The predicted octanol–water partition coefficient (Wildman–Crippen LogP) is -0.0647. The Bertz CT molecular complexity index is 374. The first-order chi connectivity index (χ1) is 8.45. The fourth-order valence-electron chi connectivity index (χ4n) is 1.49. The molecule has 0 N–H and O–H groups in total. The van der Waals surface area contributed by atoms with Crippen LogP contribution in [0.1, 0.15) is 13.8 Å². The third-order valence-corrected chi connectivity index (χ3v) is 2.15. The summed E-state index contributed by atoms with van der Waals surface area (Å²) in [6, 6.07) is 0. The van der Waals surface area contributed by atoms with Crippen molar-refractivity contribution in [3.63, 3.8) is 0 Å². The van der Waals surface area contributed by atoms with Gasteiger partial charge >= 0.3 is 17.9 Å². The second-order valence-electron chi connectivity index (χ2n) is 3.56. The Hall–Kier alpha value is -2.05. The number of rotatable bonds is 3. The molecule has 0 saturated carbocycles. The number of methoxy groups -OCH3 is 1. The summed E-state index contributed by atoms with van der Waals surface area (Å²) in [7, 11) is 1.18. The maximum Gasteiger partial charge on any atom is 0.351 e. The van der Waals surface area contributed by atoms with Crippen molar-refractivity contribution in [3.05, 3.63) is 12.3 Å². The number of hydrogen-bond donors (Lipinski definition) is 0. The van der Waals surface area contributed by atoms with Crippen molar-refractivity contribution in [1.82, 2.24) is 0 Å². The van der Waals surface area contributed by atoms with Gasteiger partial charge in [0, 0.05) is 13.8 Å². The summed E-state index contributed by atoms with van der Waals surface area (Å²) in [5.41, 5.74) is 0. The molecule has 3 atom stereocenters. The lowest BCUT2D eigenvalue weighted by Crippen LogP contribution is -2.49. The van der Waals surface area contributed by atoms with Crippen LogP contribution in [0, 0.1) is 0 Å². The first kappa shape index (κ1) is 14.0. The molecule has 1 rings (SSSR count). The van der Waals surface area contributed by atoms with Crippen molar-refractivity contribution in [2.24, 2.45) is 0 Å². The van der Waals surface area contributed by atoms with Gasteiger partial charge in [0.2, 0.25) is 6.10 Å². The zero-order chi connectivity index (χ0) is 13.7. The maximum absolute atomic E-state index is 11.5. The van der Waals surface area contributed by atoms with Gasteiger partial charge < -0.3 is 18.9 Å². The molecule has 18 heavy (non-hydrogen) atoms. The lowest BCUT2D eigenvalue weighted by atomic mass is 10.1. The monoisotopic (exact) mass is 258 g/mol. The van der Waals surface area contributed by atoms with Crippen LogP contribution in [0.15, 0.2) is 12.3 Å². The van der Waals surface area contributed by atoms with Gasteiger partial charge in [0.05, 0.1) is 13.4 Å². The molecule has 0 spiro atoms. The number of esters is 3. The molecule has 0 aromatic rings. The molecule has 0 aromatic carbocycles. The van der Waals surface area contributed by atoms with E-state index in [1.54, 1.807) is 0 Å². The Kier molecular flexibility index (Phi) is 4.70. The summed E-state index contributed by atoms with van der Waals surface area (Å²) in [5, 5.41) is 0. The Morgan fingerprint density at radius 3 is 2.22 bits per heavy atom. The first-order valence-electron chi connectivity index (χ1n) is 5.20. The molecular weight excluding hydrogens is 244 g/mol. The summed E-state index contributed by atoms with van der Waals surface area (Å²) in [6.45, 7) is 2.39. The van der Waals surface area contributed by atoms with Crippen LogP contribution in [-0.4, -0.2) is 43.3 Å². The molecule has 7 heteroatoms.